The molecule has 1 unspecified atom stereocenters. The van der Waals surface area contributed by atoms with Crippen molar-refractivity contribution in [3.63, 3.8) is 0 Å². The highest BCUT2D eigenvalue weighted by Crippen LogP contribution is 2.31. The number of oxime groups is 1. The third kappa shape index (κ3) is 2.96. The number of benzene rings is 2. The van der Waals surface area contributed by atoms with Crippen LogP contribution >= 0.6 is 0 Å². The lowest BCUT2D eigenvalue weighted by molar-refractivity contribution is -0.619. The number of nitrogens with zero attached hydrogens (tertiary/aromatic N) is 3. The molecule has 0 fully saturated rings. The summed E-state index contributed by atoms with van der Waals surface area (Å²) in [5.74, 6) is 0.637. The molecular weight excluding hydrogens is 326 g/mol. The van der Waals surface area contributed by atoms with Crippen LogP contribution in [-0.2, 0) is 6.42 Å². The molecule has 1 heterocycles. The molecular formula is C21H23N3O2. The van der Waals surface area contributed by atoms with E-state index in [0.717, 1.165) is 21.6 Å². The normalized spacial score (nSPS) is 13.0. The SMILES string of the molecule is CCc1n(C(/C(C)=N/O)c2ccccc2)c(-c2ccccc2)c(C)[n+]1[O-]. The van der Waals surface area contributed by atoms with Gasteiger partial charge >= 0.3 is 0 Å². The van der Waals surface area contributed by atoms with Crippen molar-refractivity contribution < 1.29 is 9.94 Å². The van der Waals surface area contributed by atoms with Gasteiger partial charge in [0.1, 0.15) is 5.71 Å². The van der Waals surface area contributed by atoms with E-state index in [1.54, 1.807) is 6.92 Å². The van der Waals surface area contributed by atoms with Crippen molar-refractivity contribution >= 4 is 5.71 Å². The summed E-state index contributed by atoms with van der Waals surface area (Å²) in [5, 5.41) is 25.8. The Morgan fingerprint density at radius 2 is 1.69 bits per heavy atom. The monoisotopic (exact) mass is 349 g/mol. The van der Waals surface area contributed by atoms with Crippen molar-refractivity contribution in [3.8, 4) is 11.3 Å². The summed E-state index contributed by atoms with van der Waals surface area (Å²) >= 11 is 0. The van der Waals surface area contributed by atoms with Gasteiger partial charge in [0.2, 0.25) is 0 Å². The molecule has 2 aromatic carbocycles. The second kappa shape index (κ2) is 7.44. The van der Waals surface area contributed by atoms with Gasteiger partial charge in [-0.2, -0.15) is 0 Å². The van der Waals surface area contributed by atoms with E-state index < -0.39 is 0 Å². The Hall–Kier alpha value is -3.08. The molecule has 3 aromatic rings. The lowest BCUT2D eigenvalue weighted by Gasteiger charge is -2.18. The first-order valence-electron chi connectivity index (χ1n) is 8.72. The van der Waals surface area contributed by atoms with Gasteiger partial charge in [-0.25, -0.2) is 9.30 Å². The predicted octanol–water partition coefficient (Wildman–Crippen LogP) is 4.10. The molecule has 0 saturated heterocycles. The molecule has 5 nitrogen and oxygen atoms in total. The molecule has 134 valence electrons. The first kappa shape index (κ1) is 17.7. The Morgan fingerprint density at radius 3 is 2.23 bits per heavy atom. The summed E-state index contributed by atoms with van der Waals surface area (Å²) < 4.78 is 2.99. The van der Waals surface area contributed by atoms with E-state index >= 15 is 0 Å². The molecule has 0 aliphatic carbocycles. The standard InChI is InChI=1S/C21H23N3O2/c1-4-19-23(20(15(2)22-25)17-11-7-5-8-12-17)21(16(3)24(19)26)18-13-9-6-10-14-18/h5-14,20,25H,4H2,1-3H3/b22-15+. The smallest absolute Gasteiger partial charge is 0.260 e. The summed E-state index contributed by atoms with van der Waals surface area (Å²) in [6.07, 6.45) is 0.569. The van der Waals surface area contributed by atoms with Crippen molar-refractivity contribution in [1.29, 1.82) is 0 Å². The van der Waals surface area contributed by atoms with E-state index in [9.17, 15) is 10.4 Å². The third-order valence-corrected chi connectivity index (χ3v) is 4.69. The van der Waals surface area contributed by atoms with E-state index in [1.807, 2.05) is 79.1 Å². The van der Waals surface area contributed by atoms with E-state index in [-0.39, 0.29) is 6.04 Å². The van der Waals surface area contributed by atoms with Crippen molar-refractivity contribution in [1.82, 2.24) is 4.57 Å². The highest BCUT2D eigenvalue weighted by atomic mass is 16.5. The fraction of sp³-hybridized carbons (Fsp3) is 0.238. The predicted molar refractivity (Wildman–Crippen MR) is 102 cm³/mol. The molecule has 3 rings (SSSR count). The zero-order chi connectivity index (χ0) is 18.7. The van der Waals surface area contributed by atoms with Crippen LogP contribution in [0.25, 0.3) is 11.3 Å². The lowest BCUT2D eigenvalue weighted by atomic mass is 10.0. The summed E-state index contributed by atoms with van der Waals surface area (Å²) in [7, 11) is 0. The minimum atomic E-state index is -0.361. The van der Waals surface area contributed by atoms with Crippen molar-refractivity contribution in [2.24, 2.45) is 5.16 Å². The quantitative estimate of drug-likeness (QED) is 0.248. The summed E-state index contributed by atoms with van der Waals surface area (Å²) in [4.78, 5) is 0. The van der Waals surface area contributed by atoms with Crippen molar-refractivity contribution in [3.05, 3.63) is 83.0 Å². The van der Waals surface area contributed by atoms with Crippen LogP contribution in [-0.4, -0.2) is 15.5 Å². The molecule has 1 N–H and O–H groups in total. The largest absolute Gasteiger partial charge is 0.711 e. The van der Waals surface area contributed by atoms with Crippen molar-refractivity contribution in [2.45, 2.75) is 33.2 Å². The molecule has 0 spiro atoms. The number of imidazole rings is 1. The van der Waals surface area contributed by atoms with Gasteiger partial charge in [0, 0.05) is 24.5 Å². The summed E-state index contributed by atoms with van der Waals surface area (Å²) in [6.45, 7) is 5.57. The number of hydrogen-bond donors (Lipinski definition) is 1. The van der Waals surface area contributed by atoms with Crippen LogP contribution < -0.4 is 4.73 Å². The van der Waals surface area contributed by atoms with Crippen LogP contribution in [0.4, 0.5) is 0 Å². The summed E-state index contributed by atoms with van der Waals surface area (Å²) in [6, 6.07) is 19.3. The average molecular weight is 349 g/mol. The fourth-order valence-corrected chi connectivity index (χ4v) is 3.49. The van der Waals surface area contributed by atoms with Crippen LogP contribution in [0.2, 0.25) is 0 Å². The molecule has 1 atom stereocenters. The Labute approximate surface area is 153 Å². The Balaban J connectivity index is 2.36. The van der Waals surface area contributed by atoms with Crippen LogP contribution in [0.3, 0.4) is 0 Å². The van der Waals surface area contributed by atoms with Crippen LogP contribution in [0.5, 0.6) is 0 Å². The molecule has 0 radical (unpaired) electrons. The second-order valence-corrected chi connectivity index (χ2v) is 6.29. The minimum absolute atomic E-state index is 0.361. The molecule has 0 saturated carbocycles. The van der Waals surface area contributed by atoms with E-state index in [2.05, 4.69) is 5.16 Å². The number of hydrogen-bond acceptors (Lipinski definition) is 3. The van der Waals surface area contributed by atoms with E-state index in [1.165, 1.54) is 0 Å². The van der Waals surface area contributed by atoms with Crippen LogP contribution in [0.15, 0.2) is 65.8 Å². The minimum Gasteiger partial charge on any atom is -0.711 e. The Bertz CT molecular complexity index is 915. The van der Waals surface area contributed by atoms with Gasteiger partial charge in [-0.3, -0.25) is 0 Å². The van der Waals surface area contributed by atoms with Gasteiger partial charge in [-0.05, 0) is 6.92 Å². The van der Waals surface area contributed by atoms with Crippen molar-refractivity contribution in [2.75, 3.05) is 0 Å². The molecule has 0 aliphatic heterocycles. The van der Waals surface area contributed by atoms with Gasteiger partial charge in [0.25, 0.3) is 5.82 Å². The molecule has 0 aliphatic rings. The van der Waals surface area contributed by atoms with Gasteiger partial charge in [-0.1, -0.05) is 72.7 Å². The fourth-order valence-electron chi connectivity index (χ4n) is 3.49. The lowest BCUT2D eigenvalue weighted by Crippen LogP contribution is -2.34. The van der Waals surface area contributed by atoms with Gasteiger partial charge in [0.05, 0.1) is 0 Å². The van der Waals surface area contributed by atoms with Crippen LogP contribution in [0, 0.1) is 12.1 Å². The Kier molecular flexibility index (Phi) is 5.07. The van der Waals surface area contributed by atoms with Gasteiger partial charge in [-0.15, -0.1) is 0 Å². The number of rotatable bonds is 5. The average Bonchev–Trinajstić information content (AvgIpc) is 2.93. The molecule has 5 heteroatoms. The topological polar surface area (TPSA) is 64.5 Å². The zero-order valence-electron chi connectivity index (χ0n) is 15.3. The third-order valence-electron chi connectivity index (χ3n) is 4.69. The molecule has 0 bridgehead atoms. The maximum atomic E-state index is 12.9. The molecule has 0 amide bonds. The molecule has 1 aromatic heterocycles. The maximum absolute atomic E-state index is 12.9. The highest BCUT2D eigenvalue weighted by molar-refractivity contribution is 5.89. The zero-order valence-corrected chi connectivity index (χ0v) is 15.3. The van der Waals surface area contributed by atoms with Gasteiger partial charge in [0.15, 0.2) is 17.4 Å². The maximum Gasteiger partial charge on any atom is 0.260 e. The van der Waals surface area contributed by atoms with E-state index in [0.29, 0.717) is 23.7 Å². The molecule has 26 heavy (non-hydrogen) atoms. The Morgan fingerprint density at radius 1 is 1.12 bits per heavy atom. The van der Waals surface area contributed by atoms with Crippen LogP contribution in [0.1, 0.15) is 37.0 Å². The summed E-state index contributed by atoms with van der Waals surface area (Å²) in [5.41, 5.74) is 3.93. The first-order valence-corrected chi connectivity index (χ1v) is 8.72. The van der Waals surface area contributed by atoms with Gasteiger partial charge < -0.3 is 10.4 Å². The number of aromatic nitrogens is 2. The first-order chi connectivity index (χ1) is 12.6. The van der Waals surface area contributed by atoms with E-state index in [4.69, 9.17) is 0 Å². The highest BCUT2D eigenvalue weighted by Gasteiger charge is 2.33. The second-order valence-electron chi connectivity index (χ2n) is 6.29.